The van der Waals surface area contributed by atoms with Crippen LogP contribution in [-0.4, -0.2) is 11.6 Å². The number of pyridine rings is 1. The minimum Gasteiger partial charge on any atom is -0.476 e. The van der Waals surface area contributed by atoms with Gasteiger partial charge in [0.2, 0.25) is 5.88 Å². The Morgan fingerprint density at radius 2 is 2.29 bits per heavy atom. The van der Waals surface area contributed by atoms with E-state index in [0.717, 1.165) is 16.6 Å². The van der Waals surface area contributed by atoms with E-state index in [1.807, 2.05) is 31.2 Å². The molecule has 0 bridgehead atoms. The van der Waals surface area contributed by atoms with Gasteiger partial charge in [0.25, 0.3) is 0 Å². The molecule has 0 atom stereocenters. The number of nitrogens with one attached hydrogen (secondary N) is 1. The number of thiophene rings is 1. The van der Waals surface area contributed by atoms with Gasteiger partial charge in [0.05, 0.1) is 16.6 Å². The van der Waals surface area contributed by atoms with Crippen LogP contribution in [0.5, 0.6) is 5.88 Å². The zero-order chi connectivity index (χ0) is 12.1. The Balaban J connectivity index is 2.03. The highest BCUT2D eigenvalue weighted by Gasteiger charge is 2.04. The summed E-state index contributed by atoms with van der Waals surface area (Å²) in [6.45, 7) is 3.27. The van der Waals surface area contributed by atoms with E-state index in [1.165, 1.54) is 4.88 Å². The summed E-state index contributed by atoms with van der Waals surface area (Å²) in [5.41, 5.74) is 0.902. The standard InChI is InChI=1S/C12H13ClN2OS/c1-2-16-12-10(4-3-7-14-12)15-8-9-5-6-11(13)17-9/h3-7,15H,2,8H2,1H3. The minimum atomic E-state index is 0.608. The summed E-state index contributed by atoms with van der Waals surface area (Å²) < 4.78 is 6.24. The molecule has 0 spiro atoms. The average molecular weight is 269 g/mol. The lowest BCUT2D eigenvalue weighted by atomic mass is 10.4. The van der Waals surface area contributed by atoms with E-state index in [0.29, 0.717) is 12.5 Å². The van der Waals surface area contributed by atoms with E-state index in [1.54, 1.807) is 17.5 Å². The highest BCUT2D eigenvalue weighted by Crippen LogP contribution is 2.25. The van der Waals surface area contributed by atoms with Crippen molar-refractivity contribution in [2.75, 3.05) is 11.9 Å². The van der Waals surface area contributed by atoms with Crippen molar-refractivity contribution < 1.29 is 4.74 Å². The Bertz CT molecular complexity index is 487. The fourth-order valence-corrected chi connectivity index (χ4v) is 2.43. The largest absolute Gasteiger partial charge is 0.476 e. The van der Waals surface area contributed by atoms with Gasteiger partial charge < -0.3 is 10.1 Å². The molecule has 0 aliphatic heterocycles. The van der Waals surface area contributed by atoms with E-state index < -0.39 is 0 Å². The summed E-state index contributed by atoms with van der Waals surface area (Å²) in [4.78, 5) is 5.36. The van der Waals surface area contributed by atoms with Gasteiger partial charge in [0.15, 0.2) is 0 Å². The quantitative estimate of drug-likeness (QED) is 0.895. The lowest BCUT2D eigenvalue weighted by Crippen LogP contribution is -2.02. The summed E-state index contributed by atoms with van der Waals surface area (Å²) in [5, 5.41) is 3.29. The molecule has 0 radical (unpaired) electrons. The summed E-state index contributed by atoms with van der Waals surface area (Å²) in [7, 11) is 0. The van der Waals surface area contributed by atoms with Gasteiger partial charge in [-0.15, -0.1) is 11.3 Å². The van der Waals surface area contributed by atoms with Crippen LogP contribution < -0.4 is 10.1 Å². The highest BCUT2D eigenvalue weighted by atomic mass is 35.5. The molecule has 90 valence electrons. The maximum Gasteiger partial charge on any atom is 0.237 e. The molecule has 0 saturated carbocycles. The number of ether oxygens (including phenoxy) is 1. The lowest BCUT2D eigenvalue weighted by Gasteiger charge is -2.09. The summed E-state index contributed by atoms with van der Waals surface area (Å²) in [6, 6.07) is 7.74. The average Bonchev–Trinajstić information content (AvgIpc) is 2.74. The molecule has 2 heterocycles. The molecule has 0 aliphatic carbocycles. The molecule has 1 N–H and O–H groups in total. The van der Waals surface area contributed by atoms with Crippen LogP contribution in [0.4, 0.5) is 5.69 Å². The molecule has 2 rings (SSSR count). The number of aromatic nitrogens is 1. The molecule has 2 aromatic rings. The second-order valence-corrected chi connectivity index (χ2v) is 5.15. The highest BCUT2D eigenvalue weighted by molar-refractivity contribution is 7.16. The van der Waals surface area contributed by atoms with E-state index in [9.17, 15) is 0 Å². The first-order valence-electron chi connectivity index (χ1n) is 5.35. The minimum absolute atomic E-state index is 0.608. The third-order valence-electron chi connectivity index (χ3n) is 2.13. The van der Waals surface area contributed by atoms with Crippen molar-refractivity contribution in [3.63, 3.8) is 0 Å². The number of halogens is 1. The van der Waals surface area contributed by atoms with Crippen molar-refractivity contribution in [1.82, 2.24) is 4.98 Å². The molecule has 0 unspecified atom stereocenters. The summed E-state index contributed by atoms with van der Waals surface area (Å²) >= 11 is 7.44. The number of hydrogen-bond acceptors (Lipinski definition) is 4. The van der Waals surface area contributed by atoms with Gasteiger partial charge >= 0.3 is 0 Å². The molecule has 0 fully saturated rings. The van der Waals surface area contributed by atoms with E-state index >= 15 is 0 Å². The van der Waals surface area contributed by atoms with Crippen molar-refractivity contribution in [2.45, 2.75) is 13.5 Å². The molecular formula is C12H13ClN2OS. The molecule has 5 heteroatoms. The van der Waals surface area contributed by atoms with Gasteiger partial charge in [-0.25, -0.2) is 4.98 Å². The summed E-state index contributed by atoms with van der Waals surface area (Å²) in [6.07, 6.45) is 1.72. The molecule has 0 aliphatic rings. The SMILES string of the molecule is CCOc1ncccc1NCc1ccc(Cl)s1. The third-order valence-corrected chi connectivity index (χ3v) is 3.37. The van der Waals surface area contributed by atoms with Gasteiger partial charge in [-0.3, -0.25) is 0 Å². The lowest BCUT2D eigenvalue weighted by molar-refractivity contribution is 0.328. The Morgan fingerprint density at radius 3 is 3.00 bits per heavy atom. The fraction of sp³-hybridized carbons (Fsp3) is 0.250. The monoisotopic (exact) mass is 268 g/mol. The summed E-state index contributed by atoms with van der Waals surface area (Å²) in [5.74, 6) is 0.637. The molecule has 0 amide bonds. The first-order chi connectivity index (χ1) is 8.29. The molecule has 0 aromatic carbocycles. The van der Waals surface area contributed by atoms with Crippen molar-refractivity contribution in [3.8, 4) is 5.88 Å². The van der Waals surface area contributed by atoms with Gasteiger partial charge in [-0.1, -0.05) is 11.6 Å². The first-order valence-corrected chi connectivity index (χ1v) is 6.55. The second-order valence-electron chi connectivity index (χ2n) is 3.35. The van der Waals surface area contributed by atoms with Gasteiger partial charge in [-0.2, -0.15) is 0 Å². The molecule has 0 saturated heterocycles. The van der Waals surface area contributed by atoms with Crippen molar-refractivity contribution >= 4 is 28.6 Å². The zero-order valence-electron chi connectivity index (χ0n) is 9.44. The van der Waals surface area contributed by atoms with Crippen molar-refractivity contribution in [3.05, 3.63) is 39.7 Å². The predicted octanol–water partition coefficient (Wildman–Crippen LogP) is 3.81. The van der Waals surface area contributed by atoms with E-state index in [2.05, 4.69) is 10.3 Å². The Morgan fingerprint density at radius 1 is 1.41 bits per heavy atom. The fourth-order valence-electron chi connectivity index (χ4n) is 1.41. The predicted molar refractivity (Wildman–Crippen MR) is 72.1 cm³/mol. The van der Waals surface area contributed by atoms with E-state index in [4.69, 9.17) is 16.3 Å². The van der Waals surface area contributed by atoms with Crippen LogP contribution in [0.25, 0.3) is 0 Å². The van der Waals surface area contributed by atoms with Crippen molar-refractivity contribution in [2.24, 2.45) is 0 Å². The van der Waals surface area contributed by atoms with Crippen LogP contribution in [0.15, 0.2) is 30.5 Å². The van der Waals surface area contributed by atoms with Crippen LogP contribution in [0.3, 0.4) is 0 Å². The normalized spacial score (nSPS) is 10.2. The number of anilines is 1. The number of hydrogen-bond donors (Lipinski definition) is 1. The smallest absolute Gasteiger partial charge is 0.237 e. The zero-order valence-corrected chi connectivity index (χ0v) is 11.0. The van der Waals surface area contributed by atoms with Crippen LogP contribution in [-0.2, 0) is 6.54 Å². The van der Waals surface area contributed by atoms with Crippen LogP contribution in [0, 0.1) is 0 Å². The van der Waals surface area contributed by atoms with Crippen molar-refractivity contribution in [1.29, 1.82) is 0 Å². The van der Waals surface area contributed by atoms with Crippen LogP contribution in [0.2, 0.25) is 4.34 Å². The van der Waals surface area contributed by atoms with E-state index in [-0.39, 0.29) is 0 Å². The van der Waals surface area contributed by atoms with Crippen LogP contribution >= 0.6 is 22.9 Å². The number of nitrogens with zero attached hydrogens (tertiary/aromatic N) is 1. The van der Waals surface area contributed by atoms with Gasteiger partial charge in [0.1, 0.15) is 0 Å². The Kier molecular flexibility index (Phi) is 4.23. The maximum absolute atomic E-state index is 5.88. The number of rotatable bonds is 5. The molecule has 3 nitrogen and oxygen atoms in total. The van der Waals surface area contributed by atoms with Gasteiger partial charge in [0, 0.05) is 17.6 Å². The Hall–Kier alpha value is -1.26. The second kappa shape index (κ2) is 5.89. The third kappa shape index (κ3) is 3.35. The topological polar surface area (TPSA) is 34.1 Å². The Labute approximate surface area is 109 Å². The molecule has 2 aromatic heterocycles. The molecular weight excluding hydrogens is 256 g/mol. The van der Waals surface area contributed by atoms with Gasteiger partial charge in [-0.05, 0) is 31.2 Å². The first kappa shape index (κ1) is 12.2. The maximum atomic E-state index is 5.88. The molecule has 17 heavy (non-hydrogen) atoms. The van der Waals surface area contributed by atoms with Crippen LogP contribution in [0.1, 0.15) is 11.8 Å².